The third kappa shape index (κ3) is 6.42. The van der Waals surface area contributed by atoms with Gasteiger partial charge < -0.3 is 10.1 Å². The molecule has 2 heteroatoms. The molecule has 2 nitrogen and oxygen atoms in total. The highest BCUT2D eigenvalue weighted by molar-refractivity contribution is 5.35. The van der Waals surface area contributed by atoms with Gasteiger partial charge in [0.1, 0.15) is 5.75 Å². The molecule has 1 atom stereocenters. The maximum absolute atomic E-state index is 6.11. The molecule has 0 fully saturated rings. The van der Waals surface area contributed by atoms with Crippen LogP contribution in [-0.2, 0) is 0 Å². The van der Waals surface area contributed by atoms with E-state index < -0.39 is 0 Å². The lowest BCUT2D eigenvalue weighted by atomic mass is 10.0. The third-order valence-electron chi connectivity index (χ3n) is 3.39. The molecular formula is C18H31NO. The molecule has 0 amide bonds. The molecule has 0 spiro atoms. The highest BCUT2D eigenvalue weighted by Crippen LogP contribution is 2.27. The van der Waals surface area contributed by atoms with Crippen molar-refractivity contribution in [3.05, 3.63) is 29.8 Å². The fourth-order valence-corrected chi connectivity index (χ4v) is 2.25. The van der Waals surface area contributed by atoms with E-state index in [9.17, 15) is 0 Å². The van der Waals surface area contributed by atoms with Crippen LogP contribution in [-0.4, -0.2) is 19.2 Å². The number of rotatable bonds is 9. The molecule has 20 heavy (non-hydrogen) atoms. The predicted molar refractivity (Wildman–Crippen MR) is 87.6 cm³/mol. The molecule has 1 aromatic rings. The van der Waals surface area contributed by atoms with Gasteiger partial charge in [0.2, 0.25) is 0 Å². The molecule has 0 radical (unpaired) electrons. The molecule has 1 N–H and O–H groups in total. The largest absolute Gasteiger partial charge is 0.490 e. The summed E-state index contributed by atoms with van der Waals surface area (Å²) in [6.07, 6.45) is 2.53. The van der Waals surface area contributed by atoms with Crippen LogP contribution < -0.4 is 10.1 Å². The molecule has 0 bridgehead atoms. The molecule has 0 aliphatic heterocycles. The lowest BCUT2D eigenvalue weighted by Crippen LogP contribution is -2.22. The molecule has 114 valence electrons. The van der Waals surface area contributed by atoms with Crippen molar-refractivity contribution >= 4 is 0 Å². The van der Waals surface area contributed by atoms with Gasteiger partial charge in [0.25, 0.3) is 0 Å². The second-order valence-corrected chi connectivity index (χ2v) is 6.36. The summed E-state index contributed by atoms with van der Waals surface area (Å²) in [7, 11) is 0. The number of para-hydroxylation sites is 1. The van der Waals surface area contributed by atoms with Crippen molar-refractivity contribution in [1.29, 1.82) is 0 Å². The third-order valence-corrected chi connectivity index (χ3v) is 3.39. The summed E-state index contributed by atoms with van der Waals surface area (Å²) in [6, 6.07) is 8.39. The number of benzene rings is 1. The van der Waals surface area contributed by atoms with Gasteiger partial charge in [-0.15, -0.1) is 0 Å². The molecule has 1 aromatic carbocycles. The number of nitrogens with one attached hydrogen (secondary N) is 1. The van der Waals surface area contributed by atoms with E-state index in [1.165, 1.54) is 5.56 Å². The van der Waals surface area contributed by atoms with E-state index in [2.05, 4.69) is 64.2 Å². The van der Waals surface area contributed by atoms with Gasteiger partial charge in [-0.25, -0.2) is 0 Å². The summed E-state index contributed by atoms with van der Waals surface area (Å²) in [5.41, 5.74) is 1.30. The number of hydrogen-bond acceptors (Lipinski definition) is 2. The van der Waals surface area contributed by atoms with E-state index in [1.54, 1.807) is 0 Å². The fourth-order valence-electron chi connectivity index (χ4n) is 2.25. The Morgan fingerprint density at radius 2 is 1.75 bits per heavy atom. The number of hydrogen-bond donors (Lipinski definition) is 1. The minimum atomic E-state index is 0.274. The van der Waals surface area contributed by atoms with Crippen LogP contribution >= 0.6 is 0 Å². The average molecular weight is 277 g/mol. The van der Waals surface area contributed by atoms with Crippen molar-refractivity contribution in [3.8, 4) is 5.75 Å². The van der Waals surface area contributed by atoms with Crippen molar-refractivity contribution in [2.24, 2.45) is 5.92 Å². The molecule has 0 aliphatic rings. The molecule has 1 rings (SSSR count). The Kier molecular flexibility index (Phi) is 7.68. The topological polar surface area (TPSA) is 21.3 Å². The highest BCUT2D eigenvalue weighted by atomic mass is 16.5. The summed E-state index contributed by atoms with van der Waals surface area (Å²) in [4.78, 5) is 0. The molecule has 0 saturated heterocycles. The van der Waals surface area contributed by atoms with Gasteiger partial charge in [-0.05, 0) is 56.3 Å². The Labute approximate surface area is 124 Å². The molecule has 0 saturated carbocycles. The van der Waals surface area contributed by atoms with Crippen LogP contribution in [0.25, 0.3) is 0 Å². The van der Waals surface area contributed by atoms with Crippen molar-refractivity contribution in [2.45, 2.75) is 59.5 Å². The first-order valence-corrected chi connectivity index (χ1v) is 7.97. The quantitative estimate of drug-likeness (QED) is 0.666. The molecular weight excluding hydrogens is 246 g/mol. The first-order valence-electron chi connectivity index (χ1n) is 7.97. The lowest BCUT2D eigenvalue weighted by Gasteiger charge is -2.19. The standard InChI is InChI=1S/C18H31NO/c1-14(2)13-19-12-8-9-16(5)20-18-11-7-6-10-17(18)15(3)4/h6-7,10-11,14-16,19H,8-9,12-13H2,1-5H3. The normalized spacial score (nSPS) is 12.9. The van der Waals surface area contributed by atoms with E-state index in [4.69, 9.17) is 4.74 Å². The Bertz CT molecular complexity index is 373. The van der Waals surface area contributed by atoms with Gasteiger partial charge in [0.05, 0.1) is 6.10 Å². The van der Waals surface area contributed by atoms with E-state index in [-0.39, 0.29) is 6.10 Å². The minimum absolute atomic E-state index is 0.274. The van der Waals surface area contributed by atoms with Crippen LogP contribution in [0, 0.1) is 5.92 Å². The zero-order valence-corrected chi connectivity index (χ0v) is 13.8. The molecule has 1 unspecified atom stereocenters. The van der Waals surface area contributed by atoms with Gasteiger partial charge in [0, 0.05) is 0 Å². The zero-order valence-electron chi connectivity index (χ0n) is 13.8. The second-order valence-electron chi connectivity index (χ2n) is 6.36. The Morgan fingerprint density at radius 3 is 2.40 bits per heavy atom. The molecule has 0 aliphatic carbocycles. The monoisotopic (exact) mass is 277 g/mol. The summed E-state index contributed by atoms with van der Waals surface area (Å²) < 4.78 is 6.11. The van der Waals surface area contributed by atoms with E-state index in [1.807, 2.05) is 0 Å². The van der Waals surface area contributed by atoms with Gasteiger partial charge in [0.15, 0.2) is 0 Å². The zero-order chi connectivity index (χ0) is 15.0. The van der Waals surface area contributed by atoms with Crippen LogP contribution in [0.3, 0.4) is 0 Å². The number of ether oxygens (including phenoxy) is 1. The highest BCUT2D eigenvalue weighted by Gasteiger charge is 2.10. The van der Waals surface area contributed by atoms with Gasteiger partial charge in [-0.1, -0.05) is 45.9 Å². The smallest absolute Gasteiger partial charge is 0.123 e. The summed E-state index contributed by atoms with van der Waals surface area (Å²) in [5.74, 6) is 2.28. The molecule has 0 aromatic heterocycles. The van der Waals surface area contributed by atoms with Gasteiger partial charge in [-0.3, -0.25) is 0 Å². The molecule has 0 heterocycles. The Balaban J connectivity index is 2.33. The summed E-state index contributed by atoms with van der Waals surface area (Å²) >= 11 is 0. The van der Waals surface area contributed by atoms with Crippen LogP contribution in [0.4, 0.5) is 0 Å². The van der Waals surface area contributed by atoms with Crippen molar-refractivity contribution in [2.75, 3.05) is 13.1 Å². The van der Waals surface area contributed by atoms with Crippen LogP contribution in [0.1, 0.15) is 58.9 Å². The minimum Gasteiger partial charge on any atom is -0.490 e. The summed E-state index contributed by atoms with van der Waals surface area (Å²) in [6.45, 7) is 13.2. The SMILES string of the molecule is CC(C)CNCCCC(C)Oc1ccccc1C(C)C. The Hall–Kier alpha value is -1.02. The fraction of sp³-hybridized carbons (Fsp3) is 0.667. The van der Waals surface area contributed by atoms with Crippen molar-refractivity contribution in [1.82, 2.24) is 5.32 Å². The average Bonchev–Trinajstić information content (AvgIpc) is 2.38. The lowest BCUT2D eigenvalue weighted by molar-refractivity contribution is 0.205. The van der Waals surface area contributed by atoms with Crippen LogP contribution in [0.15, 0.2) is 24.3 Å². The Morgan fingerprint density at radius 1 is 1.05 bits per heavy atom. The van der Waals surface area contributed by atoms with Crippen molar-refractivity contribution in [3.63, 3.8) is 0 Å². The van der Waals surface area contributed by atoms with E-state index in [0.717, 1.165) is 37.6 Å². The van der Waals surface area contributed by atoms with Gasteiger partial charge >= 0.3 is 0 Å². The van der Waals surface area contributed by atoms with E-state index >= 15 is 0 Å². The predicted octanol–water partition coefficient (Wildman–Crippen LogP) is 4.60. The second kappa shape index (κ2) is 9.02. The van der Waals surface area contributed by atoms with Gasteiger partial charge in [-0.2, -0.15) is 0 Å². The maximum atomic E-state index is 6.11. The van der Waals surface area contributed by atoms with E-state index in [0.29, 0.717) is 5.92 Å². The maximum Gasteiger partial charge on any atom is 0.123 e. The van der Waals surface area contributed by atoms with Crippen LogP contribution in [0.5, 0.6) is 5.75 Å². The summed E-state index contributed by atoms with van der Waals surface area (Å²) in [5, 5.41) is 3.48. The first-order chi connectivity index (χ1) is 9.50. The van der Waals surface area contributed by atoms with Crippen molar-refractivity contribution < 1.29 is 4.74 Å². The first kappa shape index (κ1) is 17.0. The van der Waals surface area contributed by atoms with Crippen LogP contribution in [0.2, 0.25) is 0 Å².